The van der Waals surface area contributed by atoms with Gasteiger partial charge in [-0.25, -0.2) is 0 Å². The highest BCUT2D eigenvalue weighted by molar-refractivity contribution is 5.98. The van der Waals surface area contributed by atoms with E-state index in [1.54, 1.807) is 6.20 Å². The zero-order valence-electron chi connectivity index (χ0n) is 10.9. The molecule has 0 amide bonds. The number of Topliss-reactive ketones (excluding diaryl/α,β-unsaturated/α-hetero) is 1. The molecule has 0 aliphatic heterocycles. The molecule has 2 aromatic rings. The Morgan fingerprint density at radius 1 is 1.05 bits per heavy atom. The van der Waals surface area contributed by atoms with Crippen LogP contribution in [0.1, 0.15) is 40.0 Å². The van der Waals surface area contributed by atoms with Gasteiger partial charge in [0.05, 0.1) is 0 Å². The molecule has 1 aliphatic carbocycles. The van der Waals surface area contributed by atoms with Crippen molar-refractivity contribution in [3.8, 4) is 0 Å². The second-order valence-electron chi connectivity index (χ2n) is 5.10. The van der Waals surface area contributed by atoms with Gasteiger partial charge in [0.25, 0.3) is 0 Å². The van der Waals surface area contributed by atoms with Crippen LogP contribution in [0.15, 0.2) is 42.6 Å². The van der Waals surface area contributed by atoms with Gasteiger partial charge in [-0.3, -0.25) is 9.78 Å². The lowest BCUT2D eigenvalue weighted by Crippen LogP contribution is -2.12. The number of rotatable bonds is 3. The maximum atomic E-state index is 11.7. The number of pyridine rings is 1. The van der Waals surface area contributed by atoms with Gasteiger partial charge in [0, 0.05) is 23.9 Å². The second-order valence-corrected chi connectivity index (χ2v) is 5.10. The minimum Gasteiger partial charge on any atom is -0.294 e. The van der Waals surface area contributed by atoms with E-state index in [0.717, 1.165) is 36.9 Å². The van der Waals surface area contributed by atoms with Crippen molar-refractivity contribution in [3.05, 3.63) is 65.0 Å². The molecule has 0 unspecified atom stereocenters. The molecule has 0 bridgehead atoms. The molecule has 3 rings (SSSR count). The average Bonchev–Trinajstić information content (AvgIpc) is 2.46. The summed E-state index contributed by atoms with van der Waals surface area (Å²) in [5, 5.41) is 0. The van der Waals surface area contributed by atoms with E-state index in [0.29, 0.717) is 6.42 Å². The van der Waals surface area contributed by atoms with Crippen LogP contribution in [-0.4, -0.2) is 10.8 Å². The standard InChI is InChI=1S/C17H17NO/c19-17-8-4-7-14-11-15(18-12-16(14)17)10-9-13-5-2-1-3-6-13/h1-3,5-6,11-12H,4,7-10H2. The summed E-state index contributed by atoms with van der Waals surface area (Å²) in [5.74, 6) is 0.253. The van der Waals surface area contributed by atoms with Crippen molar-refractivity contribution in [1.82, 2.24) is 4.98 Å². The Kier molecular flexibility index (Phi) is 3.41. The van der Waals surface area contributed by atoms with Gasteiger partial charge in [0.2, 0.25) is 0 Å². The van der Waals surface area contributed by atoms with Gasteiger partial charge >= 0.3 is 0 Å². The highest BCUT2D eigenvalue weighted by Crippen LogP contribution is 2.21. The molecule has 0 spiro atoms. The zero-order chi connectivity index (χ0) is 13.1. The fraction of sp³-hybridized carbons (Fsp3) is 0.294. The van der Waals surface area contributed by atoms with Gasteiger partial charge in [-0.1, -0.05) is 30.3 Å². The highest BCUT2D eigenvalue weighted by Gasteiger charge is 2.17. The van der Waals surface area contributed by atoms with Crippen molar-refractivity contribution in [1.29, 1.82) is 0 Å². The highest BCUT2D eigenvalue weighted by atomic mass is 16.1. The van der Waals surface area contributed by atoms with Crippen molar-refractivity contribution < 1.29 is 4.79 Å². The summed E-state index contributed by atoms with van der Waals surface area (Å²) in [6.07, 6.45) is 6.39. The lowest BCUT2D eigenvalue weighted by atomic mass is 9.91. The Labute approximate surface area is 113 Å². The maximum Gasteiger partial charge on any atom is 0.164 e. The fourth-order valence-corrected chi connectivity index (χ4v) is 2.63. The van der Waals surface area contributed by atoms with Crippen LogP contribution in [0, 0.1) is 0 Å². The molecule has 0 saturated heterocycles. The molecule has 0 saturated carbocycles. The van der Waals surface area contributed by atoms with E-state index >= 15 is 0 Å². The van der Waals surface area contributed by atoms with Gasteiger partial charge in [-0.2, -0.15) is 0 Å². The van der Waals surface area contributed by atoms with Gasteiger partial charge in [-0.05, 0) is 42.9 Å². The van der Waals surface area contributed by atoms with Crippen LogP contribution in [0.3, 0.4) is 0 Å². The van der Waals surface area contributed by atoms with Crippen LogP contribution in [-0.2, 0) is 19.3 Å². The van der Waals surface area contributed by atoms with Crippen molar-refractivity contribution in [2.24, 2.45) is 0 Å². The second kappa shape index (κ2) is 5.35. The largest absolute Gasteiger partial charge is 0.294 e. The number of hydrogen-bond acceptors (Lipinski definition) is 2. The van der Waals surface area contributed by atoms with Crippen molar-refractivity contribution >= 4 is 5.78 Å². The number of carbonyl (C=O) groups is 1. The summed E-state index contributed by atoms with van der Waals surface area (Å²) in [7, 11) is 0. The predicted molar refractivity (Wildman–Crippen MR) is 75.4 cm³/mol. The number of fused-ring (bicyclic) bond motifs is 1. The lowest BCUT2D eigenvalue weighted by Gasteiger charge is -2.14. The van der Waals surface area contributed by atoms with E-state index in [1.165, 1.54) is 11.1 Å². The van der Waals surface area contributed by atoms with Gasteiger partial charge in [0.15, 0.2) is 5.78 Å². The van der Waals surface area contributed by atoms with Gasteiger partial charge in [0.1, 0.15) is 0 Å². The summed E-state index contributed by atoms with van der Waals surface area (Å²) in [6, 6.07) is 12.6. The van der Waals surface area contributed by atoms with Crippen LogP contribution in [0.5, 0.6) is 0 Å². The predicted octanol–water partition coefficient (Wildman–Crippen LogP) is 3.39. The number of aromatic nitrogens is 1. The Balaban J connectivity index is 1.74. The quantitative estimate of drug-likeness (QED) is 0.837. The number of benzene rings is 1. The summed E-state index contributed by atoms with van der Waals surface area (Å²) in [4.78, 5) is 16.2. The summed E-state index contributed by atoms with van der Waals surface area (Å²) in [5.41, 5.74) is 4.46. The normalized spacial score (nSPS) is 14.2. The molecular weight excluding hydrogens is 234 g/mol. The Morgan fingerprint density at radius 3 is 2.74 bits per heavy atom. The van der Waals surface area contributed by atoms with Crippen LogP contribution >= 0.6 is 0 Å². The Hall–Kier alpha value is -1.96. The summed E-state index contributed by atoms with van der Waals surface area (Å²) in [6.45, 7) is 0. The third-order valence-electron chi connectivity index (χ3n) is 3.71. The molecule has 1 aliphatic rings. The first-order valence-corrected chi connectivity index (χ1v) is 6.88. The van der Waals surface area contributed by atoms with Crippen molar-refractivity contribution in [2.45, 2.75) is 32.1 Å². The molecule has 1 heterocycles. The zero-order valence-corrected chi connectivity index (χ0v) is 10.9. The first kappa shape index (κ1) is 12.1. The van der Waals surface area contributed by atoms with E-state index in [2.05, 4.69) is 35.3 Å². The number of nitrogens with zero attached hydrogens (tertiary/aromatic N) is 1. The first-order chi connectivity index (χ1) is 9.33. The molecule has 0 fully saturated rings. The molecule has 96 valence electrons. The monoisotopic (exact) mass is 251 g/mol. The number of carbonyl (C=O) groups excluding carboxylic acids is 1. The van der Waals surface area contributed by atoms with E-state index in [1.807, 2.05) is 6.07 Å². The van der Waals surface area contributed by atoms with Gasteiger partial charge in [-0.15, -0.1) is 0 Å². The number of hydrogen-bond donors (Lipinski definition) is 0. The van der Waals surface area contributed by atoms with Crippen molar-refractivity contribution in [3.63, 3.8) is 0 Å². The number of ketones is 1. The fourth-order valence-electron chi connectivity index (χ4n) is 2.63. The molecule has 0 radical (unpaired) electrons. The first-order valence-electron chi connectivity index (χ1n) is 6.88. The van der Waals surface area contributed by atoms with Crippen molar-refractivity contribution in [2.75, 3.05) is 0 Å². The molecule has 2 nitrogen and oxygen atoms in total. The summed E-state index contributed by atoms with van der Waals surface area (Å²) >= 11 is 0. The minimum absolute atomic E-state index is 0.253. The maximum absolute atomic E-state index is 11.7. The number of aryl methyl sites for hydroxylation is 3. The molecule has 0 N–H and O–H groups in total. The molecule has 1 aromatic carbocycles. The average molecular weight is 251 g/mol. The van der Waals surface area contributed by atoms with E-state index in [4.69, 9.17) is 0 Å². The van der Waals surface area contributed by atoms with Crippen LogP contribution < -0.4 is 0 Å². The van der Waals surface area contributed by atoms with Gasteiger partial charge < -0.3 is 0 Å². The molecule has 1 aromatic heterocycles. The molecule has 2 heteroatoms. The van der Waals surface area contributed by atoms with Crippen LogP contribution in [0.25, 0.3) is 0 Å². The molecule has 0 atom stereocenters. The third kappa shape index (κ3) is 2.73. The van der Waals surface area contributed by atoms with E-state index in [-0.39, 0.29) is 5.78 Å². The molecular formula is C17H17NO. The lowest BCUT2D eigenvalue weighted by molar-refractivity contribution is 0.0972. The smallest absolute Gasteiger partial charge is 0.164 e. The van der Waals surface area contributed by atoms with E-state index < -0.39 is 0 Å². The SMILES string of the molecule is O=C1CCCc2cc(CCc3ccccc3)ncc21. The summed E-state index contributed by atoms with van der Waals surface area (Å²) < 4.78 is 0. The Morgan fingerprint density at radius 2 is 1.89 bits per heavy atom. The topological polar surface area (TPSA) is 30.0 Å². The van der Waals surface area contributed by atoms with E-state index in [9.17, 15) is 4.79 Å². The van der Waals surface area contributed by atoms with Crippen LogP contribution in [0.4, 0.5) is 0 Å². The minimum atomic E-state index is 0.253. The Bertz CT molecular complexity index is 589. The third-order valence-corrected chi connectivity index (χ3v) is 3.71. The molecule has 19 heavy (non-hydrogen) atoms. The van der Waals surface area contributed by atoms with Crippen LogP contribution in [0.2, 0.25) is 0 Å².